The highest BCUT2D eigenvalue weighted by Crippen LogP contribution is 2.23. The van der Waals surface area contributed by atoms with E-state index in [1.54, 1.807) is 18.3 Å². The summed E-state index contributed by atoms with van der Waals surface area (Å²) < 4.78 is 2.03. The van der Waals surface area contributed by atoms with Crippen LogP contribution >= 0.6 is 0 Å². The third-order valence-electron chi connectivity index (χ3n) is 3.18. The van der Waals surface area contributed by atoms with Crippen LogP contribution in [0.25, 0.3) is 0 Å². The van der Waals surface area contributed by atoms with Gasteiger partial charge in [-0.1, -0.05) is 6.92 Å². The van der Waals surface area contributed by atoms with Gasteiger partial charge >= 0.3 is 0 Å². The summed E-state index contributed by atoms with van der Waals surface area (Å²) in [7, 11) is 1.81. The first-order chi connectivity index (χ1) is 9.65. The third kappa shape index (κ3) is 2.96. The Kier molecular flexibility index (Phi) is 4.34. The topological polar surface area (TPSA) is 73.0 Å². The van der Waals surface area contributed by atoms with E-state index in [9.17, 15) is 10.1 Å². The molecule has 20 heavy (non-hydrogen) atoms. The normalized spacial score (nSPS) is 10.5. The molecule has 106 valence electrons. The molecule has 0 aliphatic carbocycles. The average molecular weight is 274 g/mol. The zero-order valence-electron chi connectivity index (χ0n) is 11.7. The summed E-state index contributed by atoms with van der Waals surface area (Å²) in [6, 6.07) is 4.86. The fraction of sp³-hybridized carbons (Fsp3) is 0.357. The molecule has 1 aromatic carbocycles. The van der Waals surface area contributed by atoms with Crippen molar-refractivity contribution in [3.8, 4) is 0 Å². The standard InChI is InChI=1S/C14H18N4O2/c1-3-4-14-16-7-8-17(14)10-11-9-12(18(19)20)5-6-13(11)15-2/h5-9,15H,3-4,10H2,1-2H3. The molecule has 1 N–H and O–H groups in total. The first-order valence-electron chi connectivity index (χ1n) is 6.60. The molecule has 0 fully saturated rings. The minimum Gasteiger partial charge on any atom is -0.388 e. The Morgan fingerprint density at radius 2 is 2.25 bits per heavy atom. The van der Waals surface area contributed by atoms with Gasteiger partial charge in [-0.3, -0.25) is 10.1 Å². The zero-order valence-corrected chi connectivity index (χ0v) is 11.7. The smallest absolute Gasteiger partial charge is 0.269 e. The maximum atomic E-state index is 10.9. The van der Waals surface area contributed by atoms with Crippen molar-refractivity contribution < 1.29 is 4.92 Å². The Balaban J connectivity index is 2.33. The van der Waals surface area contributed by atoms with Crippen molar-refractivity contribution in [3.63, 3.8) is 0 Å². The first kappa shape index (κ1) is 14.0. The van der Waals surface area contributed by atoms with Crippen LogP contribution in [0.15, 0.2) is 30.6 Å². The fourth-order valence-corrected chi connectivity index (χ4v) is 2.19. The van der Waals surface area contributed by atoms with E-state index in [1.165, 1.54) is 6.07 Å². The van der Waals surface area contributed by atoms with Crippen LogP contribution in [0.1, 0.15) is 24.7 Å². The second-order valence-corrected chi connectivity index (χ2v) is 4.57. The van der Waals surface area contributed by atoms with Gasteiger partial charge in [0.25, 0.3) is 5.69 Å². The molecule has 0 aliphatic heterocycles. The van der Waals surface area contributed by atoms with Gasteiger partial charge < -0.3 is 9.88 Å². The van der Waals surface area contributed by atoms with Crippen LogP contribution in [0.5, 0.6) is 0 Å². The van der Waals surface area contributed by atoms with Crippen molar-refractivity contribution in [1.29, 1.82) is 0 Å². The molecule has 0 unspecified atom stereocenters. The van der Waals surface area contributed by atoms with Crippen LogP contribution in [0.4, 0.5) is 11.4 Å². The molecule has 6 heteroatoms. The zero-order chi connectivity index (χ0) is 14.5. The summed E-state index contributed by atoms with van der Waals surface area (Å²) in [6.07, 6.45) is 5.59. The molecule has 0 saturated carbocycles. The molecule has 0 saturated heterocycles. The Hall–Kier alpha value is -2.37. The molecular formula is C14H18N4O2. The molecule has 1 aromatic heterocycles. The van der Waals surface area contributed by atoms with Crippen molar-refractivity contribution in [2.45, 2.75) is 26.3 Å². The number of imidazole rings is 1. The second kappa shape index (κ2) is 6.18. The number of aryl methyl sites for hydroxylation is 1. The lowest BCUT2D eigenvalue weighted by Crippen LogP contribution is -2.07. The molecule has 0 radical (unpaired) electrons. The van der Waals surface area contributed by atoms with Crippen molar-refractivity contribution in [3.05, 3.63) is 52.1 Å². The molecule has 6 nitrogen and oxygen atoms in total. The molecule has 2 aromatic rings. The summed E-state index contributed by atoms with van der Waals surface area (Å²) >= 11 is 0. The van der Waals surface area contributed by atoms with Gasteiger partial charge in [-0.15, -0.1) is 0 Å². The number of rotatable bonds is 6. The van der Waals surface area contributed by atoms with E-state index in [0.717, 1.165) is 29.9 Å². The summed E-state index contributed by atoms with van der Waals surface area (Å²) in [4.78, 5) is 14.8. The van der Waals surface area contributed by atoms with Crippen LogP contribution < -0.4 is 5.32 Å². The maximum Gasteiger partial charge on any atom is 0.269 e. The second-order valence-electron chi connectivity index (χ2n) is 4.57. The van der Waals surface area contributed by atoms with E-state index >= 15 is 0 Å². The van der Waals surface area contributed by atoms with Crippen molar-refractivity contribution in [2.75, 3.05) is 12.4 Å². The van der Waals surface area contributed by atoms with Crippen molar-refractivity contribution in [1.82, 2.24) is 9.55 Å². The van der Waals surface area contributed by atoms with Crippen LogP contribution in [-0.2, 0) is 13.0 Å². The molecule has 0 amide bonds. The van der Waals surface area contributed by atoms with Gasteiger partial charge in [-0.2, -0.15) is 0 Å². The molecule has 0 spiro atoms. The summed E-state index contributed by atoms with van der Waals surface area (Å²) in [5.41, 5.74) is 1.89. The average Bonchev–Trinajstić information content (AvgIpc) is 2.86. The summed E-state index contributed by atoms with van der Waals surface area (Å²) in [5, 5.41) is 14.0. The Morgan fingerprint density at radius 1 is 1.45 bits per heavy atom. The number of nitro benzene ring substituents is 1. The van der Waals surface area contributed by atoms with Crippen molar-refractivity contribution >= 4 is 11.4 Å². The number of aromatic nitrogens is 2. The van der Waals surface area contributed by atoms with E-state index in [-0.39, 0.29) is 10.6 Å². The van der Waals surface area contributed by atoms with Gasteiger partial charge in [-0.05, 0) is 12.5 Å². The lowest BCUT2D eigenvalue weighted by Gasteiger charge is -2.11. The van der Waals surface area contributed by atoms with Crippen LogP contribution in [0.3, 0.4) is 0 Å². The van der Waals surface area contributed by atoms with E-state index in [2.05, 4.69) is 17.2 Å². The lowest BCUT2D eigenvalue weighted by atomic mass is 10.1. The predicted octanol–water partition coefficient (Wildman–Crippen LogP) is 2.83. The molecule has 0 bridgehead atoms. The Morgan fingerprint density at radius 3 is 2.90 bits per heavy atom. The molecule has 0 aliphatic rings. The van der Waals surface area contributed by atoms with Gasteiger partial charge in [0.05, 0.1) is 11.5 Å². The number of nitrogens with zero attached hydrogens (tertiary/aromatic N) is 3. The van der Waals surface area contributed by atoms with Gasteiger partial charge in [0.15, 0.2) is 0 Å². The minimum absolute atomic E-state index is 0.108. The monoisotopic (exact) mass is 274 g/mol. The molecule has 2 rings (SSSR count). The first-order valence-corrected chi connectivity index (χ1v) is 6.60. The van der Waals surface area contributed by atoms with Crippen LogP contribution in [0, 0.1) is 10.1 Å². The fourth-order valence-electron chi connectivity index (χ4n) is 2.19. The number of nitrogens with one attached hydrogen (secondary N) is 1. The number of anilines is 1. The van der Waals surface area contributed by atoms with Crippen molar-refractivity contribution in [2.24, 2.45) is 0 Å². The van der Waals surface area contributed by atoms with Gasteiger partial charge in [0.1, 0.15) is 5.82 Å². The molecule has 0 atom stereocenters. The predicted molar refractivity (Wildman–Crippen MR) is 78.0 cm³/mol. The van der Waals surface area contributed by atoms with Crippen LogP contribution in [0.2, 0.25) is 0 Å². The molecule has 1 heterocycles. The number of non-ortho nitro benzene ring substituents is 1. The van der Waals surface area contributed by atoms with E-state index in [4.69, 9.17) is 0 Å². The SMILES string of the molecule is CCCc1nccn1Cc1cc([N+](=O)[O-])ccc1NC. The third-order valence-corrected chi connectivity index (χ3v) is 3.18. The van der Waals surface area contributed by atoms with Crippen LogP contribution in [-0.4, -0.2) is 21.5 Å². The Bertz CT molecular complexity index is 607. The van der Waals surface area contributed by atoms with E-state index in [1.807, 2.05) is 17.8 Å². The highest BCUT2D eigenvalue weighted by molar-refractivity contribution is 5.55. The van der Waals surface area contributed by atoms with Gasteiger partial charge in [-0.25, -0.2) is 4.98 Å². The van der Waals surface area contributed by atoms with E-state index in [0.29, 0.717) is 6.54 Å². The maximum absolute atomic E-state index is 10.9. The minimum atomic E-state index is -0.371. The number of hydrogen-bond donors (Lipinski definition) is 1. The number of hydrogen-bond acceptors (Lipinski definition) is 4. The number of benzene rings is 1. The summed E-state index contributed by atoms with van der Waals surface area (Å²) in [6.45, 7) is 2.68. The highest BCUT2D eigenvalue weighted by Gasteiger charge is 2.11. The highest BCUT2D eigenvalue weighted by atomic mass is 16.6. The number of nitro groups is 1. The summed E-state index contributed by atoms with van der Waals surface area (Å²) in [5.74, 6) is 1.00. The Labute approximate surface area is 117 Å². The van der Waals surface area contributed by atoms with Gasteiger partial charge in [0.2, 0.25) is 0 Å². The quantitative estimate of drug-likeness (QED) is 0.649. The molecular weight excluding hydrogens is 256 g/mol. The largest absolute Gasteiger partial charge is 0.388 e. The van der Waals surface area contributed by atoms with Gasteiger partial charge in [0, 0.05) is 49.2 Å². The van der Waals surface area contributed by atoms with E-state index < -0.39 is 0 Å². The lowest BCUT2D eigenvalue weighted by molar-refractivity contribution is -0.384.